The summed E-state index contributed by atoms with van der Waals surface area (Å²) in [6.07, 6.45) is 8.61. The third kappa shape index (κ3) is 4.91. The Hall–Kier alpha value is -2.29. The predicted molar refractivity (Wildman–Crippen MR) is 115 cm³/mol. The van der Waals surface area contributed by atoms with Crippen LogP contribution in [-0.2, 0) is 6.54 Å². The van der Waals surface area contributed by atoms with Crippen molar-refractivity contribution in [2.75, 3.05) is 0 Å². The second kappa shape index (κ2) is 8.60. The Labute approximate surface area is 164 Å². The number of nitrogens with one attached hydrogen (secondary N) is 2. The lowest BCUT2D eigenvalue weighted by Crippen LogP contribution is -2.28. The van der Waals surface area contributed by atoms with Crippen molar-refractivity contribution in [3.05, 3.63) is 71.2 Å². The third-order valence-electron chi connectivity index (χ3n) is 5.64. The molecule has 1 saturated carbocycles. The fourth-order valence-electron chi connectivity index (χ4n) is 3.75. The lowest BCUT2D eigenvalue weighted by molar-refractivity contribution is 0.400. The van der Waals surface area contributed by atoms with Gasteiger partial charge in [0.15, 0.2) is 0 Å². The average molecular weight is 364 g/mol. The number of nitrogens with zero attached hydrogens (tertiary/aromatic N) is 1. The van der Waals surface area contributed by atoms with Crippen LogP contribution in [0.2, 0.25) is 0 Å². The summed E-state index contributed by atoms with van der Waals surface area (Å²) in [4.78, 5) is 5.02. The summed E-state index contributed by atoms with van der Waals surface area (Å²) in [6, 6.07) is 6.59. The Morgan fingerprint density at radius 1 is 1.26 bits per heavy atom. The van der Waals surface area contributed by atoms with E-state index < -0.39 is 0 Å². The van der Waals surface area contributed by atoms with Crippen LogP contribution >= 0.6 is 0 Å². The molecule has 1 aliphatic heterocycles. The monoisotopic (exact) mass is 363 g/mol. The van der Waals surface area contributed by atoms with E-state index in [-0.39, 0.29) is 0 Å². The maximum Gasteiger partial charge on any atom is 0.138 e. The predicted octanol–water partition coefficient (Wildman–Crippen LogP) is 5.58. The lowest BCUT2D eigenvalue weighted by atomic mass is 9.86. The molecule has 0 unspecified atom stereocenters. The summed E-state index contributed by atoms with van der Waals surface area (Å²) in [5.74, 6) is 1.95. The van der Waals surface area contributed by atoms with Gasteiger partial charge in [-0.05, 0) is 49.0 Å². The molecule has 1 aromatic rings. The molecule has 3 heteroatoms. The molecular formula is C24H33N3. The van der Waals surface area contributed by atoms with Crippen LogP contribution < -0.4 is 10.6 Å². The van der Waals surface area contributed by atoms with Crippen LogP contribution in [0.1, 0.15) is 62.6 Å². The Morgan fingerprint density at radius 2 is 2.00 bits per heavy atom. The maximum atomic E-state index is 5.02. The summed E-state index contributed by atoms with van der Waals surface area (Å²) in [6.45, 7) is 15.5. The largest absolute Gasteiger partial charge is 0.385 e. The SMILES string of the molecule is C=C1C=C(C2CCCCC2)N=C(c2cc(CNC(=C)C(C)C)ccc2C)N1. The van der Waals surface area contributed by atoms with Crippen LogP contribution in [0.15, 0.2) is 59.5 Å². The standard InChI is InChI=1S/C24H33N3/c1-16(2)19(5)25-15-20-12-11-17(3)22(14-20)24-26-18(4)13-23(27-24)21-9-7-6-8-10-21/h11-14,16,21,25H,4-10,15H2,1-3H3,(H,26,27). The number of allylic oxidation sites excluding steroid dienone is 3. The van der Waals surface area contributed by atoms with E-state index in [0.717, 1.165) is 29.3 Å². The zero-order chi connectivity index (χ0) is 19.4. The van der Waals surface area contributed by atoms with Crippen LogP contribution in [0, 0.1) is 18.8 Å². The Bertz CT molecular complexity index is 777. The summed E-state index contributed by atoms with van der Waals surface area (Å²) >= 11 is 0. The van der Waals surface area contributed by atoms with E-state index in [0.29, 0.717) is 11.8 Å². The highest BCUT2D eigenvalue weighted by Gasteiger charge is 2.22. The summed E-state index contributed by atoms with van der Waals surface area (Å²) in [5.41, 5.74) is 6.83. The van der Waals surface area contributed by atoms with Gasteiger partial charge in [0.2, 0.25) is 0 Å². The third-order valence-corrected chi connectivity index (χ3v) is 5.64. The van der Waals surface area contributed by atoms with Crippen molar-refractivity contribution in [3.63, 3.8) is 0 Å². The molecule has 1 aliphatic carbocycles. The summed E-state index contributed by atoms with van der Waals surface area (Å²) < 4.78 is 0. The molecule has 0 aromatic heterocycles. The number of rotatable bonds is 6. The first kappa shape index (κ1) is 19.5. The van der Waals surface area contributed by atoms with Crippen molar-refractivity contribution in [2.24, 2.45) is 16.8 Å². The molecule has 27 heavy (non-hydrogen) atoms. The van der Waals surface area contributed by atoms with Crippen LogP contribution in [0.5, 0.6) is 0 Å². The lowest BCUT2D eigenvalue weighted by Gasteiger charge is -2.26. The first-order valence-corrected chi connectivity index (χ1v) is 10.2. The molecule has 144 valence electrons. The zero-order valence-electron chi connectivity index (χ0n) is 17.1. The zero-order valence-corrected chi connectivity index (χ0v) is 17.1. The smallest absolute Gasteiger partial charge is 0.138 e. The van der Waals surface area contributed by atoms with E-state index in [2.05, 4.69) is 68.8 Å². The molecule has 3 nitrogen and oxygen atoms in total. The molecular weight excluding hydrogens is 330 g/mol. The molecule has 0 amide bonds. The van der Waals surface area contributed by atoms with Gasteiger partial charge >= 0.3 is 0 Å². The van der Waals surface area contributed by atoms with Gasteiger partial charge in [-0.3, -0.25) is 0 Å². The molecule has 2 N–H and O–H groups in total. The van der Waals surface area contributed by atoms with Crippen LogP contribution in [0.4, 0.5) is 0 Å². The van der Waals surface area contributed by atoms with Crippen molar-refractivity contribution in [2.45, 2.75) is 59.4 Å². The molecule has 0 radical (unpaired) electrons. The second-order valence-corrected chi connectivity index (χ2v) is 8.20. The Morgan fingerprint density at radius 3 is 2.70 bits per heavy atom. The van der Waals surface area contributed by atoms with Gasteiger partial charge in [-0.1, -0.05) is 58.4 Å². The Balaban J connectivity index is 1.82. The van der Waals surface area contributed by atoms with E-state index in [9.17, 15) is 0 Å². The number of aliphatic imine (C=N–C) groups is 1. The quantitative estimate of drug-likeness (QED) is 0.692. The van der Waals surface area contributed by atoms with Gasteiger partial charge in [0.25, 0.3) is 0 Å². The highest BCUT2D eigenvalue weighted by molar-refractivity contribution is 6.02. The van der Waals surface area contributed by atoms with E-state index in [1.807, 2.05) is 0 Å². The minimum Gasteiger partial charge on any atom is -0.385 e. The van der Waals surface area contributed by atoms with Crippen LogP contribution in [0.25, 0.3) is 0 Å². The fourth-order valence-corrected chi connectivity index (χ4v) is 3.75. The average Bonchev–Trinajstić information content (AvgIpc) is 2.67. The summed E-state index contributed by atoms with van der Waals surface area (Å²) in [7, 11) is 0. The molecule has 0 spiro atoms. The van der Waals surface area contributed by atoms with Crippen LogP contribution in [-0.4, -0.2) is 5.84 Å². The van der Waals surface area contributed by atoms with Crippen molar-refractivity contribution in [3.8, 4) is 0 Å². The van der Waals surface area contributed by atoms with Gasteiger partial charge < -0.3 is 10.6 Å². The number of amidine groups is 1. The Kier molecular flexibility index (Phi) is 6.20. The van der Waals surface area contributed by atoms with Gasteiger partial charge in [-0.2, -0.15) is 0 Å². The number of aryl methyl sites for hydroxylation is 1. The molecule has 2 aliphatic rings. The molecule has 1 heterocycles. The normalized spacial score (nSPS) is 18.0. The first-order chi connectivity index (χ1) is 12.9. The number of hydrogen-bond donors (Lipinski definition) is 2. The van der Waals surface area contributed by atoms with Crippen LogP contribution in [0.3, 0.4) is 0 Å². The molecule has 0 saturated heterocycles. The minimum absolute atomic E-state index is 0.436. The van der Waals surface area contributed by atoms with E-state index in [1.165, 1.54) is 48.9 Å². The molecule has 1 aromatic carbocycles. The fraction of sp³-hybridized carbons (Fsp3) is 0.458. The minimum atomic E-state index is 0.436. The van der Waals surface area contributed by atoms with Gasteiger partial charge in [-0.15, -0.1) is 0 Å². The molecule has 3 rings (SSSR count). The van der Waals surface area contributed by atoms with Gasteiger partial charge in [-0.25, -0.2) is 4.99 Å². The van der Waals surface area contributed by atoms with E-state index in [4.69, 9.17) is 4.99 Å². The summed E-state index contributed by atoms with van der Waals surface area (Å²) in [5, 5.41) is 6.83. The van der Waals surface area contributed by atoms with Crippen molar-refractivity contribution in [1.29, 1.82) is 0 Å². The topological polar surface area (TPSA) is 36.4 Å². The highest BCUT2D eigenvalue weighted by Crippen LogP contribution is 2.32. The van der Waals surface area contributed by atoms with Gasteiger partial charge in [0, 0.05) is 35.1 Å². The number of hydrogen-bond acceptors (Lipinski definition) is 3. The van der Waals surface area contributed by atoms with Gasteiger partial charge in [0.05, 0.1) is 0 Å². The van der Waals surface area contributed by atoms with E-state index >= 15 is 0 Å². The first-order valence-electron chi connectivity index (χ1n) is 10.2. The van der Waals surface area contributed by atoms with Crippen molar-refractivity contribution in [1.82, 2.24) is 10.6 Å². The van der Waals surface area contributed by atoms with E-state index in [1.54, 1.807) is 0 Å². The molecule has 0 bridgehead atoms. The van der Waals surface area contributed by atoms with Crippen molar-refractivity contribution >= 4 is 5.84 Å². The number of benzene rings is 1. The maximum absolute atomic E-state index is 5.02. The second-order valence-electron chi connectivity index (χ2n) is 8.20. The van der Waals surface area contributed by atoms with Crippen molar-refractivity contribution < 1.29 is 0 Å². The molecule has 1 fully saturated rings. The highest BCUT2D eigenvalue weighted by atomic mass is 15.0. The molecule has 0 atom stereocenters. The van der Waals surface area contributed by atoms with Gasteiger partial charge in [0.1, 0.15) is 5.84 Å².